The Morgan fingerprint density at radius 1 is 0.679 bits per heavy atom. The molecule has 0 spiro atoms. The number of nitrogens with zero attached hydrogens (tertiary/aromatic N) is 1. The van der Waals surface area contributed by atoms with Crippen molar-refractivity contribution in [3.05, 3.63) is 75.8 Å². The average Bonchev–Trinajstić information content (AvgIpc) is 2.56. The summed E-state index contributed by atoms with van der Waals surface area (Å²) in [6.45, 7) is 10.2. The van der Waals surface area contributed by atoms with Crippen molar-refractivity contribution in [3.8, 4) is 22.3 Å². The van der Waals surface area contributed by atoms with E-state index in [1.807, 2.05) is 19.0 Å². The van der Waals surface area contributed by atoms with E-state index in [9.17, 15) is 8.78 Å². The molecule has 0 heterocycles. The molecular weight excluding hydrogens is 372 g/mol. The minimum absolute atomic E-state index is 0.406. The monoisotopic (exact) mass is 393 g/mol. The topological polar surface area (TPSA) is 12.4 Å². The summed E-state index contributed by atoms with van der Waals surface area (Å²) in [6.07, 6.45) is 0. The Balaban J connectivity index is 2.18. The zero-order valence-electron chi connectivity index (χ0n) is 16.6. The highest BCUT2D eigenvalue weighted by molar-refractivity contribution is 7.78. The van der Waals surface area contributed by atoms with Crippen LogP contribution in [0.25, 0.3) is 22.3 Å². The Kier molecular flexibility index (Phi) is 5.55. The number of hydrogen-bond acceptors (Lipinski definition) is 2. The van der Waals surface area contributed by atoms with Crippen molar-refractivity contribution in [3.63, 3.8) is 0 Å². The van der Waals surface area contributed by atoms with Gasteiger partial charge in [-0.3, -0.25) is 0 Å². The van der Waals surface area contributed by atoms with E-state index in [0.717, 1.165) is 22.3 Å². The number of rotatable bonds is 3. The van der Waals surface area contributed by atoms with Crippen LogP contribution in [0.2, 0.25) is 0 Å². The molecule has 3 rings (SSSR count). The molecule has 0 atom stereocenters. The summed E-state index contributed by atoms with van der Waals surface area (Å²) >= 11 is 4.46. The molecule has 1 nitrogen and oxygen atoms in total. The van der Waals surface area contributed by atoms with Crippen LogP contribution in [0.4, 0.5) is 14.5 Å². The maximum Gasteiger partial charge on any atom is 0.153 e. The highest BCUT2D eigenvalue weighted by Crippen LogP contribution is 2.37. The van der Waals surface area contributed by atoms with Crippen LogP contribution < -0.4 is 0 Å². The third-order valence-corrected chi connectivity index (χ3v) is 5.05. The van der Waals surface area contributed by atoms with E-state index in [1.165, 1.54) is 34.4 Å². The standard InChI is InChI=1S/C24H21F2NS/c1-13-6-14(2)22(15(3)7-13)18-8-16(4)23(17(5)9-18)19-10-20(25)24(27-12-28)21(26)11-19/h6-11H,1-5H3. The highest BCUT2D eigenvalue weighted by Gasteiger charge is 2.16. The van der Waals surface area contributed by atoms with Gasteiger partial charge in [0.05, 0.1) is 5.16 Å². The lowest BCUT2D eigenvalue weighted by atomic mass is 9.88. The average molecular weight is 394 g/mol. The van der Waals surface area contributed by atoms with Crippen LogP contribution in [-0.2, 0) is 0 Å². The summed E-state index contributed by atoms with van der Waals surface area (Å²) in [5.74, 6) is -1.50. The van der Waals surface area contributed by atoms with Crippen LogP contribution in [0.15, 0.2) is 41.4 Å². The van der Waals surface area contributed by atoms with Crippen LogP contribution in [0.3, 0.4) is 0 Å². The summed E-state index contributed by atoms with van der Waals surface area (Å²) in [7, 11) is 0. The lowest BCUT2D eigenvalue weighted by Gasteiger charge is -2.17. The summed E-state index contributed by atoms with van der Waals surface area (Å²) in [4.78, 5) is 3.48. The first-order valence-electron chi connectivity index (χ1n) is 8.99. The quantitative estimate of drug-likeness (QED) is 0.330. The Hall–Kier alpha value is -2.68. The van der Waals surface area contributed by atoms with Crippen LogP contribution in [-0.4, -0.2) is 5.16 Å². The van der Waals surface area contributed by atoms with E-state index in [-0.39, 0.29) is 0 Å². The van der Waals surface area contributed by atoms with Crippen molar-refractivity contribution in [2.75, 3.05) is 0 Å². The van der Waals surface area contributed by atoms with E-state index in [4.69, 9.17) is 0 Å². The SMILES string of the molecule is Cc1cc(C)c(-c2cc(C)c(-c3cc(F)c(N=C=S)c(F)c3)c(C)c2)c(C)c1. The van der Waals surface area contributed by atoms with E-state index < -0.39 is 17.3 Å². The van der Waals surface area contributed by atoms with E-state index in [2.05, 4.69) is 62.2 Å². The Morgan fingerprint density at radius 2 is 1.07 bits per heavy atom. The molecule has 0 saturated heterocycles. The van der Waals surface area contributed by atoms with Gasteiger partial charge in [0.2, 0.25) is 0 Å². The lowest BCUT2D eigenvalue weighted by Crippen LogP contribution is -1.96. The lowest BCUT2D eigenvalue weighted by molar-refractivity contribution is 0.588. The van der Waals surface area contributed by atoms with Gasteiger partial charge < -0.3 is 0 Å². The maximum atomic E-state index is 14.3. The first-order chi connectivity index (χ1) is 13.2. The summed E-state index contributed by atoms with van der Waals surface area (Å²) in [5, 5.41) is 2.02. The molecule has 0 bridgehead atoms. The highest BCUT2D eigenvalue weighted by atomic mass is 32.1. The number of halogens is 2. The van der Waals surface area contributed by atoms with Gasteiger partial charge in [-0.25, -0.2) is 8.78 Å². The van der Waals surface area contributed by atoms with Gasteiger partial charge in [0.1, 0.15) is 5.69 Å². The smallest absolute Gasteiger partial charge is 0.153 e. The molecule has 0 aromatic heterocycles. The molecule has 0 aliphatic rings. The second kappa shape index (κ2) is 7.75. The zero-order chi connectivity index (χ0) is 20.6. The van der Waals surface area contributed by atoms with Crippen molar-refractivity contribution >= 4 is 23.1 Å². The molecule has 0 fully saturated rings. The molecule has 3 aromatic carbocycles. The predicted octanol–water partition coefficient (Wildman–Crippen LogP) is 7.58. The van der Waals surface area contributed by atoms with E-state index >= 15 is 0 Å². The third-order valence-electron chi connectivity index (χ3n) is 4.96. The van der Waals surface area contributed by atoms with Gasteiger partial charge in [-0.2, -0.15) is 4.99 Å². The van der Waals surface area contributed by atoms with Gasteiger partial charge in [0.15, 0.2) is 11.6 Å². The molecule has 0 N–H and O–H groups in total. The van der Waals surface area contributed by atoms with Crippen molar-refractivity contribution in [2.45, 2.75) is 34.6 Å². The molecule has 4 heteroatoms. The first kappa shape index (κ1) is 20.1. The van der Waals surface area contributed by atoms with Gasteiger partial charge in [0, 0.05) is 0 Å². The fourth-order valence-electron chi connectivity index (χ4n) is 4.06. The second-order valence-corrected chi connectivity index (χ2v) is 7.43. The van der Waals surface area contributed by atoms with Crippen molar-refractivity contribution in [1.29, 1.82) is 0 Å². The second-order valence-electron chi connectivity index (χ2n) is 7.25. The normalized spacial score (nSPS) is 10.7. The molecular formula is C24H21F2NS. The van der Waals surface area contributed by atoms with E-state index in [0.29, 0.717) is 5.56 Å². The van der Waals surface area contributed by atoms with E-state index in [1.54, 1.807) is 0 Å². The van der Waals surface area contributed by atoms with Crippen molar-refractivity contribution in [1.82, 2.24) is 0 Å². The number of thiocarbonyl (C=S) groups is 1. The number of isothiocyanates is 1. The molecule has 0 radical (unpaired) electrons. The largest absolute Gasteiger partial charge is 0.204 e. The Morgan fingerprint density at radius 3 is 1.50 bits per heavy atom. The Bertz CT molecular complexity index is 1070. The van der Waals surface area contributed by atoms with Crippen LogP contribution in [0.5, 0.6) is 0 Å². The molecule has 3 aromatic rings. The number of aliphatic imine (C=N–C) groups is 1. The van der Waals surface area contributed by atoms with Gasteiger partial charge in [0.25, 0.3) is 0 Å². The summed E-state index contributed by atoms with van der Waals surface area (Å²) in [6, 6.07) is 11.1. The first-order valence-corrected chi connectivity index (χ1v) is 9.40. The van der Waals surface area contributed by atoms with Crippen LogP contribution in [0.1, 0.15) is 27.8 Å². The summed E-state index contributed by atoms with van der Waals surface area (Å²) < 4.78 is 28.6. The van der Waals surface area contributed by atoms with Gasteiger partial charge in [-0.05, 0) is 103 Å². The summed E-state index contributed by atoms with van der Waals surface area (Å²) in [5.41, 5.74) is 8.78. The Labute approximate surface area is 169 Å². The van der Waals surface area contributed by atoms with Crippen molar-refractivity contribution < 1.29 is 8.78 Å². The predicted molar refractivity (Wildman–Crippen MR) is 116 cm³/mol. The molecule has 0 unspecified atom stereocenters. The van der Waals surface area contributed by atoms with Gasteiger partial charge >= 0.3 is 0 Å². The molecule has 0 amide bonds. The minimum atomic E-state index is -0.750. The van der Waals surface area contributed by atoms with Gasteiger partial charge in [-0.1, -0.05) is 29.8 Å². The molecule has 28 heavy (non-hydrogen) atoms. The maximum absolute atomic E-state index is 14.3. The molecule has 142 valence electrons. The third kappa shape index (κ3) is 3.66. The van der Waals surface area contributed by atoms with Crippen LogP contribution >= 0.6 is 12.2 Å². The molecule has 0 aliphatic carbocycles. The number of hydrogen-bond donors (Lipinski definition) is 0. The minimum Gasteiger partial charge on any atom is -0.204 e. The fraction of sp³-hybridized carbons (Fsp3) is 0.208. The number of aryl methyl sites for hydroxylation is 5. The zero-order valence-corrected chi connectivity index (χ0v) is 17.4. The van der Waals surface area contributed by atoms with Crippen LogP contribution in [0, 0.1) is 46.3 Å². The molecule has 0 aliphatic heterocycles. The fourth-order valence-corrected chi connectivity index (χ4v) is 4.15. The van der Waals surface area contributed by atoms with Gasteiger partial charge in [-0.15, -0.1) is 0 Å². The number of benzene rings is 3. The molecule has 0 saturated carbocycles. The van der Waals surface area contributed by atoms with Crippen molar-refractivity contribution in [2.24, 2.45) is 4.99 Å².